The lowest BCUT2D eigenvalue weighted by molar-refractivity contribution is -0.123. The van der Waals surface area contributed by atoms with Crippen LogP contribution in [0, 0.1) is 0 Å². The number of hydrogen-bond acceptors (Lipinski definition) is 5. The number of benzene rings is 2. The minimum absolute atomic E-state index is 0.0791. The molecular formula is C19H19F2NO5. The zero-order valence-electron chi connectivity index (χ0n) is 14.6. The molecule has 27 heavy (non-hydrogen) atoms. The molecule has 0 aromatic heterocycles. The van der Waals surface area contributed by atoms with Crippen molar-refractivity contribution in [3.05, 3.63) is 59.7 Å². The summed E-state index contributed by atoms with van der Waals surface area (Å²) < 4.78 is 38.5. The molecule has 6 nitrogen and oxygen atoms in total. The molecule has 0 saturated carbocycles. The molecular weight excluding hydrogens is 360 g/mol. The third-order valence-corrected chi connectivity index (χ3v) is 3.54. The molecule has 0 atom stereocenters. The quantitative estimate of drug-likeness (QED) is 0.679. The number of halogens is 2. The highest BCUT2D eigenvalue weighted by Crippen LogP contribution is 2.18. The van der Waals surface area contributed by atoms with Crippen LogP contribution in [-0.2, 0) is 16.0 Å². The first kappa shape index (κ1) is 20.2. The second-order valence-electron chi connectivity index (χ2n) is 5.40. The van der Waals surface area contributed by atoms with Gasteiger partial charge in [-0.25, -0.2) is 4.79 Å². The first-order valence-electron chi connectivity index (χ1n) is 8.10. The minimum atomic E-state index is -2.86. The number of hydrogen-bond donors (Lipinski definition) is 1. The van der Waals surface area contributed by atoms with Crippen LogP contribution < -0.4 is 14.8 Å². The lowest BCUT2D eigenvalue weighted by Gasteiger charge is -2.10. The molecule has 0 fully saturated rings. The lowest BCUT2D eigenvalue weighted by atomic mass is 10.1. The molecule has 2 rings (SSSR count). The van der Waals surface area contributed by atoms with Gasteiger partial charge < -0.3 is 19.5 Å². The molecule has 0 radical (unpaired) electrons. The van der Waals surface area contributed by atoms with Crippen molar-refractivity contribution in [3.8, 4) is 11.5 Å². The van der Waals surface area contributed by atoms with Crippen molar-refractivity contribution in [1.29, 1.82) is 0 Å². The molecule has 0 heterocycles. The van der Waals surface area contributed by atoms with Crippen molar-refractivity contribution in [1.82, 2.24) is 5.32 Å². The Balaban J connectivity index is 1.76. The van der Waals surface area contributed by atoms with E-state index in [-0.39, 0.29) is 29.6 Å². The van der Waals surface area contributed by atoms with Crippen molar-refractivity contribution in [2.45, 2.75) is 13.0 Å². The van der Waals surface area contributed by atoms with Crippen molar-refractivity contribution in [3.63, 3.8) is 0 Å². The molecule has 0 saturated heterocycles. The van der Waals surface area contributed by atoms with Gasteiger partial charge >= 0.3 is 12.6 Å². The molecule has 0 unspecified atom stereocenters. The van der Waals surface area contributed by atoms with E-state index in [2.05, 4.69) is 14.8 Å². The summed E-state index contributed by atoms with van der Waals surface area (Å²) in [5.41, 5.74) is 1.09. The normalized spacial score (nSPS) is 10.4. The number of amides is 1. The van der Waals surface area contributed by atoms with Crippen LogP contribution in [0.25, 0.3) is 0 Å². The highest BCUT2D eigenvalue weighted by Gasteiger charge is 2.13. The van der Waals surface area contributed by atoms with Crippen LogP contribution in [0.15, 0.2) is 48.5 Å². The smallest absolute Gasteiger partial charge is 0.387 e. The molecule has 0 aliphatic rings. The van der Waals surface area contributed by atoms with Gasteiger partial charge in [0, 0.05) is 6.54 Å². The Morgan fingerprint density at radius 3 is 2.44 bits per heavy atom. The van der Waals surface area contributed by atoms with E-state index in [1.54, 1.807) is 36.4 Å². The van der Waals surface area contributed by atoms with E-state index < -0.39 is 12.6 Å². The van der Waals surface area contributed by atoms with E-state index in [1.807, 2.05) is 0 Å². The number of para-hydroxylation sites is 1. The number of nitrogens with one attached hydrogen (secondary N) is 1. The molecule has 8 heteroatoms. The van der Waals surface area contributed by atoms with Gasteiger partial charge in [-0.05, 0) is 36.2 Å². The van der Waals surface area contributed by atoms with Crippen molar-refractivity contribution < 1.29 is 32.6 Å². The van der Waals surface area contributed by atoms with Gasteiger partial charge in [0.2, 0.25) is 0 Å². The maximum atomic E-state index is 12.1. The summed E-state index contributed by atoms with van der Waals surface area (Å²) >= 11 is 0. The molecule has 0 spiro atoms. The van der Waals surface area contributed by atoms with E-state index in [0.717, 1.165) is 5.56 Å². The molecule has 1 N–H and O–H groups in total. The number of methoxy groups -OCH3 is 1. The largest absolute Gasteiger partial charge is 0.483 e. The van der Waals surface area contributed by atoms with E-state index >= 15 is 0 Å². The number of carbonyl (C=O) groups excluding carboxylic acids is 2. The molecule has 0 bridgehead atoms. The molecule has 0 aliphatic carbocycles. The van der Waals surface area contributed by atoms with Gasteiger partial charge in [0.1, 0.15) is 17.1 Å². The zero-order valence-corrected chi connectivity index (χ0v) is 14.6. The van der Waals surface area contributed by atoms with Crippen LogP contribution in [0.5, 0.6) is 11.5 Å². The Morgan fingerprint density at radius 1 is 1.07 bits per heavy atom. The number of carbonyl (C=O) groups is 2. The highest BCUT2D eigenvalue weighted by atomic mass is 19.3. The highest BCUT2D eigenvalue weighted by molar-refractivity contribution is 5.92. The van der Waals surface area contributed by atoms with Gasteiger partial charge in [-0.2, -0.15) is 8.78 Å². The monoisotopic (exact) mass is 379 g/mol. The van der Waals surface area contributed by atoms with E-state index in [4.69, 9.17) is 4.74 Å². The van der Waals surface area contributed by atoms with Crippen molar-refractivity contribution >= 4 is 11.9 Å². The SMILES string of the molecule is COC(=O)c1ccccc1OCC(=O)NCCc1ccc(OC(F)F)cc1. The van der Waals surface area contributed by atoms with Crippen LogP contribution in [0.3, 0.4) is 0 Å². The lowest BCUT2D eigenvalue weighted by Crippen LogP contribution is -2.30. The van der Waals surface area contributed by atoms with Crippen LogP contribution in [0.2, 0.25) is 0 Å². The average molecular weight is 379 g/mol. The van der Waals surface area contributed by atoms with Crippen molar-refractivity contribution in [2.75, 3.05) is 20.3 Å². The summed E-state index contributed by atoms with van der Waals surface area (Å²) in [6, 6.07) is 12.6. The third-order valence-electron chi connectivity index (χ3n) is 3.54. The maximum absolute atomic E-state index is 12.1. The standard InChI is InChI=1S/C19H19F2NO5/c1-25-18(24)15-4-2-3-5-16(15)26-12-17(23)22-11-10-13-6-8-14(9-7-13)27-19(20)21/h2-9,19H,10-12H2,1H3,(H,22,23). The summed E-state index contributed by atoms with van der Waals surface area (Å²) in [4.78, 5) is 23.5. The summed E-state index contributed by atoms with van der Waals surface area (Å²) in [5, 5.41) is 2.68. The summed E-state index contributed by atoms with van der Waals surface area (Å²) in [6.07, 6.45) is 0.513. The zero-order chi connectivity index (χ0) is 19.6. The van der Waals surface area contributed by atoms with Crippen LogP contribution >= 0.6 is 0 Å². The second kappa shape index (κ2) is 10.1. The van der Waals surface area contributed by atoms with Gasteiger partial charge in [0.15, 0.2) is 6.61 Å². The predicted octanol–water partition coefficient (Wildman–Crippen LogP) is 2.81. The molecule has 1 amide bonds. The number of rotatable bonds is 9. The molecule has 0 aliphatic heterocycles. The summed E-state index contributed by atoms with van der Waals surface area (Å²) in [6.45, 7) is -2.77. The van der Waals surface area contributed by atoms with Gasteiger partial charge in [-0.15, -0.1) is 0 Å². The Kier molecular flexibility index (Phi) is 7.54. The van der Waals surface area contributed by atoms with Gasteiger partial charge in [-0.1, -0.05) is 24.3 Å². The Bertz CT molecular complexity index is 765. The fourth-order valence-corrected chi connectivity index (χ4v) is 2.25. The Labute approximate surface area is 155 Å². The van der Waals surface area contributed by atoms with Crippen LogP contribution in [-0.4, -0.2) is 38.7 Å². The third kappa shape index (κ3) is 6.58. The second-order valence-corrected chi connectivity index (χ2v) is 5.40. The van der Waals surface area contributed by atoms with Crippen LogP contribution in [0.4, 0.5) is 8.78 Å². The van der Waals surface area contributed by atoms with Gasteiger partial charge in [-0.3, -0.25) is 4.79 Å². The average Bonchev–Trinajstić information content (AvgIpc) is 2.67. The topological polar surface area (TPSA) is 73.9 Å². The van der Waals surface area contributed by atoms with Crippen molar-refractivity contribution in [2.24, 2.45) is 0 Å². The molecule has 2 aromatic rings. The number of esters is 1. The maximum Gasteiger partial charge on any atom is 0.387 e. The fourth-order valence-electron chi connectivity index (χ4n) is 2.25. The molecule has 144 valence electrons. The fraction of sp³-hybridized carbons (Fsp3) is 0.263. The minimum Gasteiger partial charge on any atom is -0.483 e. The Morgan fingerprint density at radius 2 is 1.78 bits per heavy atom. The number of ether oxygens (including phenoxy) is 3. The number of alkyl halides is 2. The van der Waals surface area contributed by atoms with Gasteiger partial charge in [0.05, 0.1) is 7.11 Å². The molecule has 2 aromatic carbocycles. The van der Waals surface area contributed by atoms with E-state index in [1.165, 1.54) is 19.2 Å². The van der Waals surface area contributed by atoms with E-state index in [0.29, 0.717) is 13.0 Å². The summed E-state index contributed by atoms with van der Waals surface area (Å²) in [5.74, 6) is -0.567. The first-order chi connectivity index (χ1) is 13.0. The van der Waals surface area contributed by atoms with Gasteiger partial charge in [0.25, 0.3) is 5.91 Å². The van der Waals surface area contributed by atoms with E-state index in [9.17, 15) is 18.4 Å². The van der Waals surface area contributed by atoms with Crippen LogP contribution in [0.1, 0.15) is 15.9 Å². The summed E-state index contributed by atoms with van der Waals surface area (Å²) in [7, 11) is 1.26. The predicted molar refractivity (Wildman–Crippen MR) is 93.1 cm³/mol. The Hall–Kier alpha value is -3.16. The first-order valence-corrected chi connectivity index (χ1v) is 8.10.